The van der Waals surface area contributed by atoms with Crippen molar-refractivity contribution in [1.29, 1.82) is 0 Å². The number of rotatable bonds is 5. The smallest absolute Gasteiger partial charge is 0.123 e. The SMILES string of the molecule is C=C(C)C(=C)[C@]1(Cc2ccccc2)CCC(C)C[C@H]1C=O. The van der Waals surface area contributed by atoms with Crippen LogP contribution in [0.25, 0.3) is 0 Å². The molecule has 21 heavy (non-hydrogen) atoms. The van der Waals surface area contributed by atoms with Crippen LogP contribution in [-0.4, -0.2) is 6.29 Å². The van der Waals surface area contributed by atoms with Crippen molar-refractivity contribution < 1.29 is 4.79 Å². The lowest BCUT2D eigenvalue weighted by molar-refractivity contribution is -0.116. The molecule has 112 valence electrons. The lowest BCUT2D eigenvalue weighted by Gasteiger charge is -2.46. The number of aldehydes is 1. The van der Waals surface area contributed by atoms with Gasteiger partial charge in [0, 0.05) is 11.3 Å². The van der Waals surface area contributed by atoms with Gasteiger partial charge in [0.2, 0.25) is 0 Å². The third-order valence-electron chi connectivity index (χ3n) is 5.09. The Bertz CT molecular complexity index is 528. The van der Waals surface area contributed by atoms with Crippen LogP contribution in [0.15, 0.2) is 54.6 Å². The molecule has 1 heteroatoms. The highest BCUT2D eigenvalue weighted by molar-refractivity contribution is 5.58. The Hall–Kier alpha value is -1.63. The standard InChI is InChI=1S/C20H26O/c1-15(2)17(4)20(13-18-8-6-5-7-9-18)11-10-16(3)12-19(20)14-21/h5-9,14,16,19H,1,4,10-13H2,2-3H3/t16?,19-,20+/m0/s1. The summed E-state index contributed by atoms with van der Waals surface area (Å²) in [6.07, 6.45) is 5.19. The Balaban J connectivity index is 2.41. The van der Waals surface area contributed by atoms with E-state index in [-0.39, 0.29) is 11.3 Å². The predicted molar refractivity (Wildman–Crippen MR) is 89.1 cm³/mol. The van der Waals surface area contributed by atoms with Gasteiger partial charge in [-0.25, -0.2) is 0 Å². The summed E-state index contributed by atoms with van der Waals surface area (Å²) in [6, 6.07) is 10.5. The van der Waals surface area contributed by atoms with E-state index in [9.17, 15) is 4.79 Å². The number of hydrogen-bond acceptors (Lipinski definition) is 1. The van der Waals surface area contributed by atoms with Crippen molar-refractivity contribution in [3.05, 3.63) is 60.2 Å². The Morgan fingerprint density at radius 3 is 2.57 bits per heavy atom. The van der Waals surface area contributed by atoms with Crippen molar-refractivity contribution in [3.8, 4) is 0 Å². The van der Waals surface area contributed by atoms with Crippen molar-refractivity contribution >= 4 is 6.29 Å². The monoisotopic (exact) mass is 282 g/mol. The molecule has 0 radical (unpaired) electrons. The van der Waals surface area contributed by atoms with Gasteiger partial charge in [-0.1, -0.05) is 56.0 Å². The lowest BCUT2D eigenvalue weighted by Crippen LogP contribution is -2.40. The van der Waals surface area contributed by atoms with Crippen molar-refractivity contribution in [2.24, 2.45) is 17.3 Å². The normalized spacial score (nSPS) is 28.9. The van der Waals surface area contributed by atoms with Crippen LogP contribution in [0.2, 0.25) is 0 Å². The molecule has 2 rings (SSSR count). The summed E-state index contributed by atoms with van der Waals surface area (Å²) >= 11 is 0. The summed E-state index contributed by atoms with van der Waals surface area (Å²) in [5.41, 5.74) is 3.20. The Morgan fingerprint density at radius 2 is 2.00 bits per heavy atom. The molecule has 0 heterocycles. The second-order valence-electron chi connectivity index (χ2n) is 6.70. The average molecular weight is 282 g/mol. The molecule has 1 aromatic rings. The fraction of sp³-hybridized carbons (Fsp3) is 0.450. The number of carbonyl (C=O) groups is 1. The van der Waals surface area contributed by atoms with E-state index in [1.807, 2.05) is 13.0 Å². The van der Waals surface area contributed by atoms with E-state index >= 15 is 0 Å². The van der Waals surface area contributed by atoms with Crippen LogP contribution in [0.5, 0.6) is 0 Å². The first-order chi connectivity index (χ1) is 9.99. The second kappa shape index (κ2) is 6.43. The van der Waals surface area contributed by atoms with E-state index < -0.39 is 0 Å². The van der Waals surface area contributed by atoms with E-state index in [0.29, 0.717) is 5.92 Å². The minimum absolute atomic E-state index is 0.0469. The van der Waals surface area contributed by atoms with E-state index in [4.69, 9.17) is 0 Å². The maximum Gasteiger partial charge on any atom is 0.123 e. The number of allylic oxidation sites excluding steroid dienone is 2. The molecule has 1 nitrogen and oxygen atoms in total. The van der Waals surface area contributed by atoms with Gasteiger partial charge in [-0.2, -0.15) is 0 Å². The molecule has 3 atom stereocenters. The second-order valence-corrected chi connectivity index (χ2v) is 6.70. The van der Waals surface area contributed by atoms with Crippen LogP contribution >= 0.6 is 0 Å². The highest BCUT2D eigenvalue weighted by Gasteiger charge is 2.44. The molecule has 0 saturated heterocycles. The third kappa shape index (κ3) is 3.18. The minimum atomic E-state index is -0.151. The number of carbonyl (C=O) groups excluding carboxylic acids is 1. The first kappa shape index (κ1) is 15.8. The van der Waals surface area contributed by atoms with E-state index in [1.54, 1.807) is 0 Å². The summed E-state index contributed by atoms with van der Waals surface area (Å²) in [7, 11) is 0. The van der Waals surface area contributed by atoms with Gasteiger partial charge in [-0.3, -0.25) is 0 Å². The fourth-order valence-corrected chi connectivity index (χ4v) is 3.74. The van der Waals surface area contributed by atoms with Crippen LogP contribution in [0.4, 0.5) is 0 Å². The molecule has 0 N–H and O–H groups in total. The largest absolute Gasteiger partial charge is 0.303 e. The van der Waals surface area contributed by atoms with Gasteiger partial charge in [0.05, 0.1) is 0 Å². The van der Waals surface area contributed by atoms with Crippen LogP contribution in [0.3, 0.4) is 0 Å². The van der Waals surface area contributed by atoms with Crippen molar-refractivity contribution in [2.75, 3.05) is 0 Å². The Labute approximate surface area is 128 Å². The highest BCUT2D eigenvalue weighted by atomic mass is 16.1. The van der Waals surface area contributed by atoms with Gasteiger partial charge in [0.25, 0.3) is 0 Å². The molecule has 1 aliphatic carbocycles. The molecule has 0 aromatic heterocycles. The average Bonchev–Trinajstić information content (AvgIpc) is 2.49. The topological polar surface area (TPSA) is 17.1 Å². The lowest BCUT2D eigenvalue weighted by atomic mass is 9.57. The predicted octanol–water partition coefficient (Wildman–Crippen LogP) is 4.98. The molecule has 1 aromatic carbocycles. The third-order valence-corrected chi connectivity index (χ3v) is 5.09. The van der Waals surface area contributed by atoms with Gasteiger partial charge in [-0.15, -0.1) is 0 Å². The number of hydrogen-bond donors (Lipinski definition) is 0. The fourth-order valence-electron chi connectivity index (χ4n) is 3.74. The summed E-state index contributed by atoms with van der Waals surface area (Å²) < 4.78 is 0. The van der Waals surface area contributed by atoms with Crippen LogP contribution in [0, 0.1) is 17.3 Å². The van der Waals surface area contributed by atoms with E-state index in [0.717, 1.165) is 43.1 Å². The van der Waals surface area contributed by atoms with Crippen LogP contribution < -0.4 is 0 Å². The van der Waals surface area contributed by atoms with Crippen molar-refractivity contribution in [2.45, 2.75) is 39.5 Å². The molecule has 1 fully saturated rings. The molecule has 0 bridgehead atoms. The Kier molecular flexibility index (Phi) is 4.82. The summed E-state index contributed by atoms with van der Waals surface area (Å²) in [5, 5.41) is 0. The van der Waals surface area contributed by atoms with E-state index in [2.05, 4.69) is 44.3 Å². The molecule has 0 aliphatic heterocycles. The molecular weight excluding hydrogens is 256 g/mol. The van der Waals surface area contributed by atoms with Gasteiger partial charge in [0.15, 0.2) is 0 Å². The summed E-state index contributed by atoms with van der Waals surface area (Å²) in [6.45, 7) is 12.7. The van der Waals surface area contributed by atoms with Gasteiger partial charge >= 0.3 is 0 Å². The zero-order valence-electron chi connectivity index (χ0n) is 13.3. The quantitative estimate of drug-likeness (QED) is 0.549. The summed E-state index contributed by atoms with van der Waals surface area (Å²) in [5.74, 6) is 0.660. The minimum Gasteiger partial charge on any atom is -0.303 e. The van der Waals surface area contributed by atoms with Gasteiger partial charge in [0.1, 0.15) is 6.29 Å². The zero-order chi connectivity index (χ0) is 15.5. The first-order valence-corrected chi connectivity index (χ1v) is 7.84. The van der Waals surface area contributed by atoms with Gasteiger partial charge < -0.3 is 4.79 Å². The molecule has 1 unspecified atom stereocenters. The van der Waals surface area contributed by atoms with E-state index in [1.165, 1.54) is 5.56 Å². The number of benzene rings is 1. The molecule has 0 spiro atoms. The zero-order valence-corrected chi connectivity index (χ0v) is 13.3. The van der Waals surface area contributed by atoms with Crippen LogP contribution in [0.1, 0.15) is 38.7 Å². The highest BCUT2D eigenvalue weighted by Crippen LogP contribution is 2.51. The molecular formula is C20H26O. The van der Waals surface area contributed by atoms with Crippen molar-refractivity contribution in [1.82, 2.24) is 0 Å². The molecule has 1 saturated carbocycles. The molecule has 1 aliphatic rings. The summed E-state index contributed by atoms with van der Waals surface area (Å²) in [4.78, 5) is 11.8. The first-order valence-electron chi connectivity index (χ1n) is 7.84. The maximum atomic E-state index is 11.8. The maximum absolute atomic E-state index is 11.8. The van der Waals surface area contributed by atoms with Gasteiger partial charge in [-0.05, 0) is 49.7 Å². The van der Waals surface area contributed by atoms with Crippen LogP contribution in [-0.2, 0) is 11.2 Å². The van der Waals surface area contributed by atoms with Crippen molar-refractivity contribution in [3.63, 3.8) is 0 Å². The molecule has 0 amide bonds. The Morgan fingerprint density at radius 1 is 1.33 bits per heavy atom.